The molecule has 0 fully saturated rings. The van der Waals surface area contributed by atoms with Crippen LogP contribution in [0.2, 0.25) is 0 Å². The molecule has 2 heterocycles. The van der Waals surface area contributed by atoms with Crippen molar-refractivity contribution < 1.29 is 19.8 Å². The second-order valence-corrected chi connectivity index (χ2v) is 11.9. The smallest absolute Gasteiger partial charge is 0.336 e. The first kappa shape index (κ1) is 30.7. The van der Waals surface area contributed by atoms with Gasteiger partial charge in [-0.2, -0.15) is 0 Å². The number of carbonyl (C=O) groups is 2. The predicted octanol–water partition coefficient (Wildman–Crippen LogP) is 7.56. The first-order chi connectivity index (χ1) is 21.1. The molecule has 44 heavy (non-hydrogen) atoms. The highest BCUT2D eigenvalue weighted by molar-refractivity contribution is 5.96. The minimum absolute atomic E-state index is 0.0259. The van der Waals surface area contributed by atoms with Gasteiger partial charge in [-0.15, -0.1) is 0 Å². The molecule has 228 valence electrons. The highest BCUT2D eigenvalue weighted by Gasteiger charge is 2.20. The molecule has 0 saturated carbocycles. The Kier molecular flexibility index (Phi) is 8.99. The maximum Gasteiger partial charge on any atom is 0.336 e. The lowest BCUT2D eigenvalue weighted by molar-refractivity contribution is -0.137. The molecule has 0 bridgehead atoms. The van der Waals surface area contributed by atoms with Gasteiger partial charge in [0.1, 0.15) is 11.6 Å². The van der Waals surface area contributed by atoms with Gasteiger partial charge in [-0.1, -0.05) is 63.2 Å². The lowest BCUT2D eigenvalue weighted by atomic mass is 9.98. The van der Waals surface area contributed by atoms with Crippen molar-refractivity contribution >= 4 is 23.0 Å². The van der Waals surface area contributed by atoms with Crippen LogP contribution in [0, 0.1) is 19.8 Å². The molecule has 2 aromatic heterocycles. The lowest BCUT2D eigenvalue weighted by Crippen LogP contribution is -2.08. The van der Waals surface area contributed by atoms with Crippen molar-refractivity contribution in [1.29, 1.82) is 0 Å². The molecule has 0 radical (unpaired) electrons. The Hall–Kier alpha value is -4.72. The molecule has 5 aromatic rings. The first-order valence-corrected chi connectivity index (χ1v) is 15.3. The van der Waals surface area contributed by atoms with Crippen LogP contribution in [0.1, 0.15) is 72.3 Å². The Morgan fingerprint density at radius 1 is 0.909 bits per heavy atom. The maximum absolute atomic E-state index is 11.8. The maximum atomic E-state index is 11.8. The zero-order valence-corrected chi connectivity index (χ0v) is 26.1. The van der Waals surface area contributed by atoms with Crippen LogP contribution in [0.4, 0.5) is 0 Å². The summed E-state index contributed by atoms with van der Waals surface area (Å²) in [6.45, 7) is 11.5. The summed E-state index contributed by atoms with van der Waals surface area (Å²) in [4.78, 5) is 33.4. The topological polar surface area (TPSA) is 110 Å². The van der Waals surface area contributed by atoms with Crippen molar-refractivity contribution in [3.63, 3.8) is 0 Å². The molecule has 3 aromatic carbocycles. The summed E-state index contributed by atoms with van der Waals surface area (Å²) in [6.07, 6.45) is 2.64. The van der Waals surface area contributed by atoms with Crippen LogP contribution in [-0.2, 0) is 30.7 Å². The molecule has 0 aliphatic heterocycles. The second kappa shape index (κ2) is 12.9. The van der Waals surface area contributed by atoms with E-state index in [-0.39, 0.29) is 12.0 Å². The molecule has 8 nitrogen and oxygen atoms in total. The number of aryl methyl sites for hydroxylation is 2. The van der Waals surface area contributed by atoms with Crippen LogP contribution >= 0.6 is 0 Å². The van der Waals surface area contributed by atoms with E-state index in [1.54, 1.807) is 12.1 Å². The van der Waals surface area contributed by atoms with Gasteiger partial charge in [-0.3, -0.25) is 4.79 Å². The van der Waals surface area contributed by atoms with Gasteiger partial charge in [-0.05, 0) is 73.1 Å². The monoisotopic (exact) mass is 592 g/mol. The molecule has 0 saturated heterocycles. The fraction of sp³-hybridized carbons (Fsp3) is 0.333. The average molecular weight is 593 g/mol. The van der Waals surface area contributed by atoms with E-state index < -0.39 is 11.9 Å². The standard InChI is InChI=1S/C36H40N4O4/c1-6-9-32-38-34-23(4)19-27(35-37-30(18-22(2)3)24(5)39(35)17-16-33(41)42)20-31(34)40(32)21-25-12-14-26(15-13-25)28-10-7-8-11-29(28)36(43)44/h7-8,10-15,19-20,22H,6,9,16-18,21H2,1-5H3,(H,41,42)(H,43,44). The van der Waals surface area contributed by atoms with E-state index in [1.165, 1.54) is 0 Å². The number of fused-ring (bicyclic) bond motifs is 1. The predicted molar refractivity (Wildman–Crippen MR) is 173 cm³/mol. The highest BCUT2D eigenvalue weighted by Crippen LogP contribution is 2.31. The largest absolute Gasteiger partial charge is 0.481 e. The number of aromatic nitrogens is 4. The van der Waals surface area contributed by atoms with Crippen molar-refractivity contribution in [3.8, 4) is 22.5 Å². The lowest BCUT2D eigenvalue weighted by Gasteiger charge is -2.13. The van der Waals surface area contributed by atoms with Crippen molar-refractivity contribution in [2.24, 2.45) is 5.92 Å². The number of aromatic carboxylic acids is 1. The molecule has 0 aliphatic rings. The highest BCUT2D eigenvalue weighted by atomic mass is 16.4. The number of benzene rings is 3. The van der Waals surface area contributed by atoms with Gasteiger partial charge in [0.2, 0.25) is 0 Å². The fourth-order valence-corrected chi connectivity index (χ4v) is 5.92. The van der Waals surface area contributed by atoms with Crippen molar-refractivity contribution in [3.05, 3.63) is 94.6 Å². The molecule has 0 amide bonds. The van der Waals surface area contributed by atoms with E-state index in [9.17, 15) is 19.8 Å². The zero-order chi connectivity index (χ0) is 31.5. The summed E-state index contributed by atoms with van der Waals surface area (Å²) in [5, 5.41) is 19.1. The molecule has 2 N–H and O–H groups in total. The van der Waals surface area contributed by atoms with Crippen LogP contribution in [0.3, 0.4) is 0 Å². The van der Waals surface area contributed by atoms with E-state index >= 15 is 0 Å². The van der Waals surface area contributed by atoms with E-state index in [0.717, 1.165) is 75.6 Å². The number of carboxylic acid groups (broad SMARTS) is 2. The average Bonchev–Trinajstić information content (AvgIpc) is 3.48. The summed E-state index contributed by atoms with van der Waals surface area (Å²) < 4.78 is 4.32. The van der Waals surface area contributed by atoms with Gasteiger partial charge in [0, 0.05) is 30.8 Å². The van der Waals surface area contributed by atoms with Gasteiger partial charge in [-0.25, -0.2) is 14.8 Å². The zero-order valence-electron chi connectivity index (χ0n) is 26.1. The van der Waals surface area contributed by atoms with Crippen LogP contribution in [0.15, 0.2) is 60.7 Å². The molecular weight excluding hydrogens is 552 g/mol. The third-order valence-electron chi connectivity index (χ3n) is 8.09. The summed E-state index contributed by atoms with van der Waals surface area (Å²) in [6, 6.07) is 19.4. The Morgan fingerprint density at radius 2 is 1.64 bits per heavy atom. The summed E-state index contributed by atoms with van der Waals surface area (Å²) in [7, 11) is 0. The molecule has 0 unspecified atom stereocenters. The minimum atomic E-state index is -0.944. The van der Waals surface area contributed by atoms with Crippen LogP contribution in [0.25, 0.3) is 33.5 Å². The van der Waals surface area contributed by atoms with E-state index in [1.807, 2.05) is 47.9 Å². The third kappa shape index (κ3) is 6.30. The normalized spacial score (nSPS) is 11.5. The van der Waals surface area contributed by atoms with E-state index in [2.05, 4.69) is 44.4 Å². The summed E-state index contributed by atoms with van der Waals surface area (Å²) in [5.74, 6) is 0.445. The number of hydrogen-bond donors (Lipinski definition) is 2. The molecular formula is C36H40N4O4. The fourth-order valence-electron chi connectivity index (χ4n) is 5.92. The Bertz CT molecular complexity index is 1830. The number of nitrogens with zero attached hydrogens (tertiary/aromatic N) is 4. The Balaban J connectivity index is 1.58. The van der Waals surface area contributed by atoms with E-state index in [4.69, 9.17) is 9.97 Å². The Labute approximate surface area is 258 Å². The minimum Gasteiger partial charge on any atom is -0.481 e. The van der Waals surface area contributed by atoms with Crippen LogP contribution in [0.5, 0.6) is 0 Å². The Morgan fingerprint density at radius 3 is 2.30 bits per heavy atom. The van der Waals surface area contributed by atoms with Gasteiger partial charge in [0.15, 0.2) is 0 Å². The molecule has 0 atom stereocenters. The van der Waals surface area contributed by atoms with Crippen LogP contribution in [-0.4, -0.2) is 41.3 Å². The molecule has 0 spiro atoms. The summed E-state index contributed by atoms with van der Waals surface area (Å²) in [5.41, 5.74) is 8.88. The van der Waals surface area contributed by atoms with E-state index in [0.29, 0.717) is 24.6 Å². The molecule has 0 aliphatic carbocycles. The quantitative estimate of drug-likeness (QED) is 0.155. The van der Waals surface area contributed by atoms with Gasteiger partial charge >= 0.3 is 11.9 Å². The van der Waals surface area contributed by atoms with Gasteiger partial charge in [0.25, 0.3) is 0 Å². The molecule has 5 rings (SSSR count). The first-order valence-electron chi connectivity index (χ1n) is 15.3. The van der Waals surface area contributed by atoms with Crippen LogP contribution < -0.4 is 0 Å². The number of imidazole rings is 2. The number of carboxylic acids is 2. The third-order valence-corrected chi connectivity index (χ3v) is 8.09. The second-order valence-electron chi connectivity index (χ2n) is 11.9. The molecule has 8 heteroatoms. The number of rotatable bonds is 12. The van der Waals surface area contributed by atoms with Gasteiger partial charge < -0.3 is 19.3 Å². The number of hydrogen-bond acceptors (Lipinski definition) is 4. The van der Waals surface area contributed by atoms with Crippen molar-refractivity contribution in [1.82, 2.24) is 19.1 Å². The van der Waals surface area contributed by atoms with Crippen molar-refractivity contribution in [2.75, 3.05) is 0 Å². The SMILES string of the molecule is CCCc1nc2c(C)cc(-c3nc(CC(C)C)c(C)n3CCC(=O)O)cc2n1Cc1ccc(-c2ccccc2C(=O)O)cc1. The van der Waals surface area contributed by atoms with Gasteiger partial charge in [0.05, 0.1) is 28.7 Å². The number of aliphatic carboxylic acids is 1. The van der Waals surface area contributed by atoms with Crippen molar-refractivity contribution in [2.45, 2.75) is 73.4 Å². The summed E-state index contributed by atoms with van der Waals surface area (Å²) >= 11 is 0.